The highest BCUT2D eigenvalue weighted by molar-refractivity contribution is 4.82. The molecule has 1 rings (SSSR count). The van der Waals surface area contributed by atoms with E-state index in [0.717, 1.165) is 12.8 Å². The van der Waals surface area contributed by atoms with Crippen molar-refractivity contribution in [1.29, 1.82) is 0 Å². The fourth-order valence-corrected chi connectivity index (χ4v) is 1.23. The molecule has 1 fully saturated rings. The third-order valence-corrected chi connectivity index (χ3v) is 1.69. The van der Waals surface area contributed by atoms with Crippen LogP contribution in [-0.4, -0.2) is 16.5 Å². The van der Waals surface area contributed by atoms with Crippen molar-refractivity contribution in [2.24, 2.45) is 0 Å². The molecule has 9 heavy (non-hydrogen) atoms. The Morgan fingerprint density at radius 3 is 1.89 bits per heavy atom. The summed E-state index contributed by atoms with van der Waals surface area (Å²) in [6.07, 6.45) is 1.69. The van der Waals surface area contributed by atoms with Gasteiger partial charge in [0.1, 0.15) is 0 Å². The molecule has 0 aromatic rings. The van der Waals surface area contributed by atoms with Gasteiger partial charge < -0.3 is 9.84 Å². The van der Waals surface area contributed by atoms with Crippen LogP contribution in [0.15, 0.2) is 0 Å². The summed E-state index contributed by atoms with van der Waals surface area (Å²) in [5.74, 6) is -0.872. The summed E-state index contributed by atoms with van der Waals surface area (Å²) in [5.41, 5.74) is -0.122. The molecular weight excluding hydrogens is 116 g/mol. The Balaban J connectivity index is 2.58. The lowest BCUT2D eigenvalue weighted by Gasteiger charge is -2.22. The SMILES string of the molecule is CC1(C)CCC(C)(O)O1. The van der Waals surface area contributed by atoms with Gasteiger partial charge in [0.2, 0.25) is 0 Å². The van der Waals surface area contributed by atoms with Crippen molar-refractivity contribution in [2.45, 2.75) is 45.0 Å². The Labute approximate surface area is 55.8 Å². The van der Waals surface area contributed by atoms with E-state index in [1.165, 1.54) is 0 Å². The Kier molecular flexibility index (Phi) is 1.33. The van der Waals surface area contributed by atoms with Crippen LogP contribution < -0.4 is 0 Å². The van der Waals surface area contributed by atoms with Gasteiger partial charge in [-0.3, -0.25) is 0 Å². The lowest BCUT2D eigenvalue weighted by atomic mass is 10.1. The highest BCUT2D eigenvalue weighted by atomic mass is 16.6. The Morgan fingerprint density at radius 2 is 1.78 bits per heavy atom. The van der Waals surface area contributed by atoms with Crippen LogP contribution in [0.3, 0.4) is 0 Å². The van der Waals surface area contributed by atoms with Gasteiger partial charge in [0.25, 0.3) is 0 Å². The second-order valence-corrected chi connectivity index (χ2v) is 3.54. The average molecular weight is 130 g/mol. The normalized spacial score (nSPS) is 41.3. The summed E-state index contributed by atoms with van der Waals surface area (Å²) >= 11 is 0. The van der Waals surface area contributed by atoms with Crippen LogP contribution in [0.25, 0.3) is 0 Å². The van der Waals surface area contributed by atoms with E-state index in [1.54, 1.807) is 6.92 Å². The summed E-state index contributed by atoms with van der Waals surface area (Å²) in [6.45, 7) is 5.70. The van der Waals surface area contributed by atoms with Crippen LogP contribution in [0.5, 0.6) is 0 Å². The van der Waals surface area contributed by atoms with E-state index in [4.69, 9.17) is 4.74 Å². The van der Waals surface area contributed by atoms with Crippen molar-refractivity contribution in [1.82, 2.24) is 0 Å². The molecule has 0 radical (unpaired) electrons. The molecule has 2 heteroatoms. The molecule has 1 atom stereocenters. The maximum Gasteiger partial charge on any atom is 0.163 e. The molecule has 0 aromatic carbocycles. The van der Waals surface area contributed by atoms with E-state index >= 15 is 0 Å². The van der Waals surface area contributed by atoms with E-state index in [1.807, 2.05) is 13.8 Å². The van der Waals surface area contributed by atoms with Crippen molar-refractivity contribution in [3.8, 4) is 0 Å². The predicted molar refractivity (Wildman–Crippen MR) is 35.0 cm³/mol. The van der Waals surface area contributed by atoms with E-state index < -0.39 is 5.79 Å². The van der Waals surface area contributed by atoms with Gasteiger partial charge in [-0.1, -0.05) is 0 Å². The Bertz CT molecular complexity index is 102. The molecule has 1 unspecified atom stereocenters. The summed E-state index contributed by atoms with van der Waals surface area (Å²) < 4.78 is 5.29. The van der Waals surface area contributed by atoms with E-state index in [-0.39, 0.29) is 5.60 Å². The van der Waals surface area contributed by atoms with Crippen LogP contribution in [0.2, 0.25) is 0 Å². The smallest absolute Gasteiger partial charge is 0.163 e. The first-order chi connectivity index (χ1) is 3.91. The highest BCUT2D eigenvalue weighted by Gasteiger charge is 2.38. The minimum Gasteiger partial charge on any atom is -0.366 e. The average Bonchev–Trinajstić information content (AvgIpc) is 1.78. The van der Waals surface area contributed by atoms with Crippen molar-refractivity contribution in [2.75, 3.05) is 0 Å². The third kappa shape index (κ3) is 1.66. The van der Waals surface area contributed by atoms with Gasteiger partial charge in [-0.05, 0) is 27.2 Å². The van der Waals surface area contributed by atoms with Crippen LogP contribution in [-0.2, 0) is 4.74 Å². The molecule has 1 heterocycles. The molecule has 0 saturated carbocycles. The summed E-state index contributed by atoms with van der Waals surface area (Å²) in [5, 5.41) is 9.31. The highest BCUT2D eigenvalue weighted by Crippen LogP contribution is 2.34. The zero-order valence-corrected chi connectivity index (χ0v) is 6.27. The molecule has 54 valence electrons. The third-order valence-electron chi connectivity index (χ3n) is 1.69. The summed E-state index contributed by atoms with van der Waals surface area (Å²) in [4.78, 5) is 0. The van der Waals surface area contributed by atoms with E-state index in [2.05, 4.69) is 0 Å². The Hall–Kier alpha value is -0.0800. The molecule has 0 aliphatic carbocycles. The molecule has 0 amide bonds. The number of hydrogen-bond acceptors (Lipinski definition) is 2. The second kappa shape index (κ2) is 1.70. The summed E-state index contributed by atoms with van der Waals surface area (Å²) in [6, 6.07) is 0. The zero-order chi connectivity index (χ0) is 7.12. The molecule has 1 aliphatic rings. The molecule has 1 aliphatic heterocycles. The molecule has 0 bridgehead atoms. The molecule has 0 aromatic heterocycles. The second-order valence-electron chi connectivity index (χ2n) is 3.54. The van der Waals surface area contributed by atoms with Gasteiger partial charge in [-0.2, -0.15) is 0 Å². The van der Waals surface area contributed by atoms with Crippen LogP contribution in [0.1, 0.15) is 33.6 Å². The van der Waals surface area contributed by atoms with E-state index in [0.29, 0.717) is 0 Å². The largest absolute Gasteiger partial charge is 0.366 e. The lowest BCUT2D eigenvalue weighted by molar-refractivity contribution is -0.201. The lowest BCUT2D eigenvalue weighted by Crippen LogP contribution is -2.28. The molecule has 1 N–H and O–H groups in total. The minimum absolute atomic E-state index is 0.122. The van der Waals surface area contributed by atoms with Crippen molar-refractivity contribution >= 4 is 0 Å². The topological polar surface area (TPSA) is 29.5 Å². The van der Waals surface area contributed by atoms with Crippen LogP contribution in [0.4, 0.5) is 0 Å². The molecule has 2 nitrogen and oxygen atoms in total. The maximum atomic E-state index is 9.31. The van der Waals surface area contributed by atoms with Crippen molar-refractivity contribution in [3.63, 3.8) is 0 Å². The number of aliphatic hydroxyl groups is 1. The van der Waals surface area contributed by atoms with E-state index in [9.17, 15) is 5.11 Å². The molecular formula is C7H14O2. The fourth-order valence-electron chi connectivity index (χ4n) is 1.23. The van der Waals surface area contributed by atoms with Crippen molar-refractivity contribution < 1.29 is 9.84 Å². The van der Waals surface area contributed by atoms with Crippen LogP contribution >= 0.6 is 0 Å². The number of hydrogen-bond donors (Lipinski definition) is 1. The number of rotatable bonds is 0. The van der Waals surface area contributed by atoms with Gasteiger partial charge >= 0.3 is 0 Å². The molecule has 0 spiro atoms. The first-order valence-corrected chi connectivity index (χ1v) is 3.34. The molecule has 1 saturated heterocycles. The fraction of sp³-hybridized carbons (Fsp3) is 1.00. The summed E-state index contributed by atoms with van der Waals surface area (Å²) in [7, 11) is 0. The van der Waals surface area contributed by atoms with Gasteiger partial charge in [0, 0.05) is 6.42 Å². The Morgan fingerprint density at radius 1 is 1.22 bits per heavy atom. The standard InChI is InChI=1S/C7H14O2/c1-6(2)4-5-7(3,8)9-6/h8H,4-5H2,1-3H3. The first-order valence-electron chi connectivity index (χ1n) is 3.34. The maximum absolute atomic E-state index is 9.31. The van der Waals surface area contributed by atoms with Crippen molar-refractivity contribution in [3.05, 3.63) is 0 Å². The monoisotopic (exact) mass is 130 g/mol. The first kappa shape index (κ1) is 7.03. The number of ether oxygens (including phenoxy) is 1. The van der Waals surface area contributed by atoms with Gasteiger partial charge in [-0.15, -0.1) is 0 Å². The van der Waals surface area contributed by atoms with Gasteiger partial charge in [0.05, 0.1) is 5.60 Å². The zero-order valence-electron chi connectivity index (χ0n) is 6.27. The quantitative estimate of drug-likeness (QED) is 0.535. The van der Waals surface area contributed by atoms with Crippen LogP contribution in [0, 0.1) is 0 Å². The predicted octanol–water partition coefficient (Wildman–Crippen LogP) is 1.28. The van der Waals surface area contributed by atoms with Gasteiger partial charge in [0.15, 0.2) is 5.79 Å². The van der Waals surface area contributed by atoms with Gasteiger partial charge in [-0.25, -0.2) is 0 Å². The minimum atomic E-state index is -0.872.